The number of ether oxygens (including phenoxy) is 1. The summed E-state index contributed by atoms with van der Waals surface area (Å²) in [5, 5.41) is 9.98. The van der Waals surface area contributed by atoms with E-state index >= 15 is 0 Å². The first-order chi connectivity index (χ1) is 16.3. The summed E-state index contributed by atoms with van der Waals surface area (Å²) in [7, 11) is -3.65. The third-order valence-corrected chi connectivity index (χ3v) is 7.78. The Morgan fingerprint density at radius 3 is 2.59 bits per heavy atom. The third-order valence-electron chi connectivity index (χ3n) is 5.62. The standard InChI is InChI=1S/C24H24ClN3O5S/c25-19-10-4-5-12-22(19)33-15-20-18(24(29)30)14-26-23(27-20)21-11-6-7-13-28(21)34(31,32)16-17-8-2-1-3-9-17/h1-5,8-10,12,14,21H,6-7,11,13,15-16H2,(H,29,30)/t21-/m1/s1. The first-order valence-corrected chi connectivity index (χ1v) is 12.8. The maximum Gasteiger partial charge on any atom is 0.339 e. The second-order valence-corrected chi connectivity index (χ2v) is 10.3. The van der Waals surface area contributed by atoms with Crippen LogP contribution in [0.1, 0.15) is 52.7 Å². The number of aromatic nitrogens is 2. The molecule has 0 amide bonds. The number of benzene rings is 2. The zero-order valence-electron chi connectivity index (χ0n) is 18.3. The molecule has 1 aromatic heterocycles. The van der Waals surface area contributed by atoms with Crippen molar-refractivity contribution in [3.8, 4) is 5.75 Å². The number of para-hydroxylation sites is 1. The van der Waals surface area contributed by atoms with E-state index in [2.05, 4.69) is 9.97 Å². The molecule has 1 aliphatic heterocycles. The van der Waals surface area contributed by atoms with Gasteiger partial charge in [-0.2, -0.15) is 4.31 Å². The van der Waals surface area contributed by atoms with Crippen molar-refractivity contribution in [2.75, 3.05) is 6.54 Å². The second kappa shape index (κ2) is 10.5. The molecule has 0 bridgehead atoms. The lowest BCUT2D eigenvalue weighted by Crippen LogP contribution is -2.40. The van der Waals surface area contributed by atoms with Crippen LogP contribution in [0.15, 0.2) is 60.8 Å². The van der Waals surface area contributed by atoms with Gasteiger partial charge in [0.25, 0.3) is 0 Å². The number of hydrogen-bond acceptors (Lipinski definition) is 6. The van der Waals surface area contributed by atoms with Gasteiger partial charge in [-0.25, -0.2) is 23.2 Å². The summed E-state index contributed by atoms with van der Waals surface area (Å²) in [6.07, 6.45) is 3.32. The molecule has 0 unspecified atom stereocenters. The lowest BCUT2D eigenvalue weighted by molar-refractivity contribution is 0.0692. The number of carboxylic acid groups (broad SMARTS) is 1. The summed E-state index contributed by atoms with van der Waals surface area (Å²) in [4.78, 5) is 20.5. The Balaban J connectivity index is 1.63. The highest BCUT2D eigenvalue weighted by Gasteiger charge is 2.35. The number of aromatic carboxylic acids is 1. The monoisotopic (exact) mass is 501 g/mol. The Hall–Kier alpha value is -3.01. The maximum atomic E-state index is 13.3. The van der Waals surface area contributed by atoms with Crippen molar-refractivity contribution in [2.45, 2.75) is 37.7 Å². The third kappa shape index (κ3) is 5.55. The first-order valence-electron chi connectivity index (χ1n) is 10.8. The molecule has 0 spiro atoms. The van der Waals surface area contributed by atoms with Gasteiger partial charge < -0.3 is 9.84 Å². The minimum atomic E-state index is -3.65. The Morgan fingerprint density at radius 1 is 1.12 bits per heavy atom. The quantitative estimate of drug-likeness (QED) is 0.485. The largest absolute Gasteiger partial charge is 0.486 e. The average molecular weight is 502 g/mol. The van der Waals surface area contributed by atoms with Crippen LogP contribution in [0.2, 0.25) is 5.02 Å². The molecule has 8 nitrogen and oxygen atoms in total. The van der Waals surface area contributed by atoms with Gasteiger partial charge in [0.05, 0.1) is 22.5 Å². The van der Waals surface area contributed by atoms with Gasteiger partial charge in [0.1, 0.15) is 23.7 Å². The molecule has 1 atom stereocenters. The summed E-state index contributed by atoms with van der Waals surface area (Å²) < 4.78 is 33.7. The zero-order chi connectivity index (χ0) is 24.1. The van der Waals surface area contributed by atoms with E-state index in [0.29, 0.717) is 29.3 Å². The molecule has 0 saturated carbocycles. The predicted molar refractivity (Wildman–Crippen MR) is 127 cm³/mol. The molecule has 2 aromatic carbocycles. The molecule has 3 aromatic rings. The summed E-state index contributed by atoms with van der Waals surface area (Å²) in [6, 6.07) is 15.3. The summed E-state index contributed by atoms with van der Waals surface area (Å²) >= 11 is 6.13. The van der Waals surface area contributed by atoms with Crippen LogP contribution in [0.5, 0.6) is 5.75 Å². The van der Waals surface area contributed by atoms with E-state index in [9.17, 15) is 18.3 Å². The van der Waals surface area contributed by atoms with Crippen LogP contribution in [0.4, 0.5) is 0 Å². The molecule has 4 rings (SSSR count). The minimum absolute atomic E-state index is 0.106. The molecule has 2 heterocycles. The Morgan fingerprint density at radius 2 is 1.85 bits per heavy atom. The van der Waals surface area contributed by atoms with Gasteiger partial charge in [-0.05, 0) is 30.5 Å². The summed E-state index contributed by atoms with van der Waals surface area (Å²) in [5.41, 5.74) is 0.747. The number of piperidine rings is 1. The number of hydrogen-bond donors (Lipinski definition) is 1. The maximum absolute atomic E-state index is 13.3. The summed E-state index contributed by atoms with van der Waals surface area (Å²) in [6.45, 7) is 0.208. The number of sulfonamides is 1. The lowest BCUT2D eigenvalue weighted by atomic mass is 10.0. The average Bonchev–Trinajstić information content (AvgIpc) is 2.83. The van der Waals surface area contributed by atoms with Gasteiger partial charge in [0.2, 0.25) is 10.0 Å². The predicted octanol–water partition coefficient (Wildman–Crippen LogP) is 4.46. The number of carboxylic acids is 1. The van der Waals surface area contributed by atoms with Crippen LogP contribution in [0.3, 0.4) is 0 Å². The van der Waals surface area contributed by atoms with Gasteiger partial charge >= 0.3 is 5.97 Å². The fraction of sp³-hybridized carbons (Fsp3) is 0.292. The Kier molecular flexibility index (Phi) is 7.45. The molecule has 0 aliphatic carbocycles. The van der Waals surface area contributed by atoms with Crippen molar-refractivity contribution in [1.82, 2.24) is 14.3 Å². The molecule has 34 heavy (non-hydrogen) atoms. The van der Waals surface area contributed by atoms with Crippen LogP contribution in [-0.4, -0.2) is 40.3 Å². The minimum Gasteiger partial charge on any atom is -0.486 e. The highest BCUT2D eigenvalue weighted by Crippen LogP contribution is 2.33. The smallest absolute Gasteiger partial charge is 0.339 e. The molecule has 10 heteroatoms. The van der Waals surface area contributed by atoms with Crippen LogP contribution < -0.4 is 4.74 Å². The van der Waals surface area contributed by atoms with Crippen molar-refractivity contribution in [3.63, 3.8) is 0 Å². The van der Waals surface area contributed by atoms with Crippen LogP contribution >= 0.6 is 11.6 Å². The first kappa shape index (κ1) is 24.1. The van der Waals surface area contributed by atoms with Crippen molar-refractivity contribution in [2.24, 2.45) is 0 Å². The topological polar surface area (TPSA) is 110 Å². The van der Waals surface area contributed by atoms with E-state index in [0.717, 1.165) is 12.8 Å². The zero-order valence-corrected chi connectivity index (χ0v) is 19.9. The Labute approximate surface area is 203 Å². The van der Waals surface area contributed by atoms with E-state index in [4.69, 9.17) is 16.3 Å². The van der Waals surface area contributed by atoms with E-state index < -0.39 is 22.0 Å². The van der Waals surface area contributed by atoms with Crippen molar-refractivity contribution < 1.29 is 23.1 Å². The molecular weight excluding hydrogens is 478 g/mol. The molecule has 178 valence electrons. The van der Waals surface area contributed by atoms with Gasteiger partial charge in [0, 0.05) is 12.7 Å². The molecule has 0 radical (unpaired) electrons. The highest BCUT2D eigenvalue weighted by atomic mass is 35.5. The van der Waals surface area contributed by atoms with E-state index in [1.54, 1.807) is 48.5 Å². The molecular formula is C24H24ClN3O5S. The van der Waals surface area contributed by atoms with E-state index in [1.165, 1.54) is 10.5 Å². The van der Waals surface area contributed by atoms with Gasteiger partial charge in [-0.1, -0.05) is 60.5 Å². The molecule has 1 fully saturated rings. The normalized spacial score (nSPS) is 16.8. The van der Waals surface area contributed by atoms with Crippen LogP contribution in [0, 0.1) is 0 Å². The lowest BCUT2D eigenvalue weighted by Gasteiger charge is -2.34. The fourth-order valence-electron chi connectivity index (χ4n) is 3.95. The van der Waals surface area contributed by atoms with Crippen molar-refractivity contribution in [3.05, 3.63) is 88.5 Å². The van der Waals surface area contributed by atoms with Crippen LogP contribution in [-0.2, 0) is 22.4 Å². The molecule has 1 saturated heterocycles. The van der Waals surface area contributed by atoms with Gasteiger partial charge in [0.15, 0.2) is 0 Å². The van der Waals surface area contributed by atoms with Gasteiger partial charge in [-0.3, -0.25) is 0 Å². The molecule has 1 aliphatic rings. The molecule has 1 N–H and O–H groups in total. The second-order valence-electron chi connectivity index (χ2n) is 7.98. The SMILES string of the molecule is O=C(O)c1cnc([C@H]2CCCCN2S(=O)(=O)Cc2ccccc2)nc1COc1ccccc1Cl. The highest BCUT2D eigenvalue weighted by molar-refractivity contribution is 7.88. The summed E-state index contributed by atoms with van der Waals surface area (Å²) in [5.74, 6) is -0.661. The van der Waals surface area contributed by atoms with Crippen LogP contribution in [0.25, 0.3) is 0 Å². The number of halogens is 1. The van der Waals surface area contributed by atoms with E-state index in [1.807, 2.05) is 6.07 Å². The van der Waals surface area contributed by atoms with E-state index in [-0.39, 0.29) is 29.4 Å². The van der Waals surface area contributed by atoms with Crippen molar-refractivity contribution >= 4 is 27.6 Å². The number of rotatable bonds is 8. The number of nitrogens with zero attached hydrogens (tertiary/aromatic N) is 3. The number of carbonyl (C=O) groups is 1. The fourth-order valence-corrected chi connectivity index (χ4v) is 5.92. The van der Waals surface area contributed by atoms with Crippen molar-refractivity contribution in [1.29, 1.82) is 0 Å². The Bertz CT molecular complexity index is 1270. The van der Waals surface area contributed by atoms with Gasteiger partial charge in [-0.15, -0.1) is 0 Å².